The van der Waals surface area contributed by atoms with E-state index in [9.17, 15) is 0 Å². The Kier molecular flexibility index (Phi) is 12.9. The van der Waals surface area contributed by atoms with Crippen molar-refractivity contribution < 1.29 is 14.2 Å². The van der Waals surface area contributed by atoms with Crippen molar-refractivity contribution in [3.05, 3.63) is 59.7 Å². The van der Waals surface area contributed by atoms with Gasteiger partial charge in [-0.1, -0.05) is 30.3 Å². The normalized spacial score (nSPS) is 10.8. The summed E-state index contributed by atoms with van der Waals surface area (Å²) in [5.74, 6) is 2.52. The second-order valence-electron chi connectivity index (χ2n) is 6.32. The molecule has 0 atom stereocenters. The molecule has 2 rings (SSSR count). The summed E-state index contributed by atoms with van der Waals surface area (Å²) in [5.41, 5.74) is 2.24. The van der Waals surface area contributed by atoms with Crippen LogP contribution in [-0.4, -0.2) is 46.5 Å². The van der Waals surface area contributed by atoms with Gasteiger partial charge >= 0.3 is 0 Å². The maximum Gasteiger partial charge on any atom is 0.191 e. The van der Waals surface area contributed by atoms with E-state index in [-0.39, 0.29) is 24.0 Å². The molecular formula is C22H32IN3O3. The van der Waals surface area contributed by atoms with Crippen LogP contribution in [-0.2, 0) is 11.3 Å². The first kappa shape index (κ1) is 25.0. The Hall–Kier alpha value is -2.00. The second kappa shape index (κ2) is 14.9. The molecule has 0 aliphatic rings. The van der Waals surface area contributed by atoms with Crippen molar-refractivity contribution in [1.29, 1.82) is 0 Å². The molecule has 0 radical (unpaired) electrons. The number of aliphatic imine (C=N–C) groups is 1. The van der Waals surface area contributed by atoms with Crippen molar-refractivity contribution in [1.82, 2.24) is 10.6 Å². The fourth-order valence-corrected chi connectivity index (χ4v) is 2.56. The number of para-hydroxylation sites is 1. The Morgan fingerprint density at radius 3 is 2.48 bits per heavy atom. The highest BCUT2D eigenvalue weighted by atomic mass is 127. The van der Waals surface area contributed by atoms with Crippen molar-refractivity contribution in [2.75, 3.05) is 40.5 Å². The van der Waals surface area contributed by atoms with Gasteiger partial charge in [-0.15, -0.1) is 24.0 Å². The Morgan fingerprint density at radius 2 is 1.76 bits per heavy atom. The number of hydrogen-bond acceptors (Lipinski definition) is 4. The van der Waals surface area contributed by atoms with Gasteiger partial charge in [0.1, 0.15) is 18.1 Å². The molecule has 29 heavy (non-hydrogen) atoms. The fourth-order valence-electron chi connectivity index (χ4n) is 2.56. The first-order valence-electron chi connectivity index (χ1n) is 9.56. The van der Waals surface area contributed by atoms with Crippen LogP contribution in [0.4, 0.5) is 0 Å². The number of nitrogens with one attached hydrogen (secondary N) is 2. The molecule has 0 spiro atoms. The smallest absolute Gasteiger partial charge is 0.191 e. The lowest BCUT2D eigenvalue weighted by atomic mass is 10.1. The van der Waals surface area contributed by atoms with Gasteiger partial charge in [0.05, 0.1) is 13.2 Å². The fraction of sp³-hybridized carbons (Fsp3) is 0.409. The van der Waals surface area contributed by atoms with Crippen LogP contribution in [0, 0.1) is 6.92 Å². The van der Waals surface area contributed by atoms with Gasteiger partial charge in [0.15, 0.2) is 5.96 Å². The Bertz CT molecular complexity index is 726. The molecule has 0 bridgehead atoms. The lowest BCUT2D eigenvalue weighted by molar-refractivity contribution is 0.145. The van der Waals surface area contributed by atoms with Crippen LogP contribution in [0.25, 0.3) is 0 Å². The summed E-state index contributed by atoms with van der Waals surface area (Å²) in [6.07, 6.45) is 0.880. The Labute approximate surface area is 191 Å². The zero-order valence-electron chi connectivity index (χ0n) is 17.4. The summed E-state index contributed by atoms with van der Waals surface area (Å²) in [6.45, 7) is 5.21. The highest BCUT2D eigenvalue weighted by molar-refractivity contribution is 14.0. The number of ether oxygens (including phenoxy) is 3. The molecule has 0 aliphatic heterocycles. The zero-order valence-corrected chi connectivity index (χ0v) is 19.8. The molecule has 0 aromatic heterocycles. The van der Waals surface area contributed by atoms with E-state index in [0.717, 1.165) is 41.6 Å². The molecule has 0 saturated carbocycles. The first-order chi connectivity index (χ1) is 13.7. The largest absolute Gasteiger partial charge is 0.494 e. The predicted molar refractivity (Wildman–Crippen MR) is 129 cm³/mol. The lowest BCUT2D eigenvalue weighted by Gasteiger charge is -2.15. The van der Waals surface area contributed by atoms with E-state index < -0.39 is 0 Å². The number of halogens is 1. The van der Waals surface area contributed by atoms with Crippen LogP contribution >= 0.6 is 24.0 Å². The maximum absolute atomic E-state index is 5.84. The van der Waals surface area contributed by atoms with Gasteiger partial charge in [0.25, 0.3) is 0 Å². The van der Waals surface area contributed by atoms with E-state index >= 15 is 0 Å². The van der Waals surface area contributed by atoms with Crippen molar-refractivity contribution in [2.24, 2.45) is 4.99 Å². The van der Waals surface area contributed by atoms with Crippen molar-refractivity contribution in [3.8, 4) is 11.5 Å². The summed E-state index contributed by atoms with van der Waals surface area (Å²) >= 11 is 0. The Balaban J connectivity index is 0.00000420. The van der Waals surface area contributed by atoms with E-state index in [2.05, 4.69) is 34.7 Å². The van der Waals surface area contributed by atoms with Crippen LogP contribution in [0.1, 0.15) is 17.5 Å². The number of nitrogens with zero attached hydrogens (tertiary/aromatic N) is 1. The van der Waals surface area contributed by atoms with Gasteiger partial charge in [0.2, 0.25) is 0 Å². The van der Waals surface area contributed by atoms with E-state index in [1.54, 1.807) is 14.2 Å². The van der Waals surface area contributed by atoms with Gasteiger partial charge in [-0.3, -0.25) is 4.99 Å². The molecule has 0 unspecified atom stereocenters. The number of guanidine groups is 1. The van der Waals surface area contributed by atoms with Crippen LogP contribution in [0.5, 0.6) is 11.5 Å². The molecule has 0 heterocycles. The molecular weight excluding hydrogens is 481 g/mol. The molecule has 7 heteroatoms. The first-order valence-corrected chi connectivity index (χ1v) is 9.56. The molecule has 160 valence electrons. The third kappa shape index (κ3) is 9.85. The van der Waals surface area contributed by atoms with Crippen LogP contribution in [0.3, 0.4) is 0 Å². The molecule has 0 saturated heterocycles. The third-order valence-electron chi connectivity index (χ3n) is 4.06. The van der Waals surface area contributed by atoms with Gasteiger partial charge in [0, 0.05) is 32.8 Å². The average Bonchev–Trinajstić information content (AvgIpc) is 2.72. The molecule has 6 nitrogen and oxygen atoms in total. The molecule has 2 N–H and O–H groups in total. The van der Waals surface area contributed by atoms with E-state index in [1.807, 2.05) is 36.4 Å². The van der Waals surface area contributed by atoms with Crippen molar-refractivity contribution in [3.63, 3.8) is 0 Å². The highest BCUT2D eigenvalue weighted by Crippen LogP contribution is 2.20. The minimum atomic E-state index is 0. The SMILES string of the molecule is CN=C(NCCCOc1ccccc1)NCc1ccc(C)cc1OCCOC.I. The van der Waals surface area contributed by atoms with Gasteiger partial charge in [-0.25, -0.2) is 0 Å². The number of benzene rings is 2. The van der Waals surface area contributed by atoms with Crippen LogP contribution in [0.2, 0.25) is 0 Å². The minimum Gasteiger partial charge on any atom is -0.494 e. The predicted octanol–water partition coefficient (Wildman–Crippen LogP) is 3.77. The third-order valence-corrected chi connectivity index (χ3v) is 4.06. The highest BCUT2D eigenvalue weighted by Gasteiger charge is 2.06. The van der Waals surface area contributed by atoms with Crippen LogP contribution < -0.4 is 20.1 Å². The number of aryl methyl sites for hydroxylation is 1. The molecule has 0 fully saturated rings. The van der Waals surface area contributed by atoms with E-state index in [1.165, 1.54) is 0 Å². The van der Waals surface area contributed by atoms with Gasteiger partial charge < -0.3 is 24.8 Å². The van der Waals surface area contributed by atoms with Crippen LogP contribution in [0.15, 0.2) is 53.5 Å². The second-order valence-corrected chi connectivity index (χ2v) is 6.32. The average molecular weight is 513 g/mol. The summed E-state index contributed by atoms with van der Waals surface area (Å²) in [5, 5.41) is 6.64. The quantitative estimate of drug-likeness (QED) is 0.207. The standard InChI is InChI=1S/C22H31N3O3.HI/c1-18-10-11-19(21(16-18)28-15-14-26-3)17-25-22(23-2)24-12-7-13-27-20-8-5-4-6-9-20;/h4-6,8-11,16H,7,12-15,17H2,1-3H3,(H2,23,24,25);1H. The molecule has 2 aromatic carbocycles. The maximum atomic E-state index is 5.84. The summed E-state index contributed by atoms with van der Waals surface area (Å²) in [7, 11) is 3.43. The Morgan fingerprint density at radius 1 is 0.966 bits per heavy atom. The zero-order chi connectivity index (χ0) is 20.0. The van der Waals surface area contributed by atoms with Crippen molar-refractivity contribution >= 4 is 29.9 Å². The monoisotopic (exact) mass is 513 g/mol. The van der Waals surface area contributed by atoms with Gasteiger partial charge in [-0.2, -0.15) is 0 Å². The van der Waals surface area contributed by atoms with E-state index in [0.29, 0.717) is 26.4 Å². The summed E-state index contributed by atoms with van der Waals surface area (Å²) < 4.78 is 16.6. The summed E-state index contributed by atoms with van der Waals surface area (Å²) in [4.78, 5) is 4.27. The number of methoxy groups -OCH3 is 1. The van der Waals surface area contributed by atoms with Gasteiger partial charge in [-0.05, 0) is 37.1 Å². The number of rotatable bonds is 11. The lowest BCUT2D eigenvalue weighted by Crippen LogP contribution is -2.37. The van der Waals surface area contributed by atoms with E-state index in [4.69, 9.17) is 14.2 Å². The minimum absolute atomic E-state index is 0. The molecule has 0 aliphatic carbocycles. The molecule has 0 amide bonds. The van der Waals surface area contributed by atoms with Crippen molar-refractivity contribution in [2.45, 2.75) is 19.9 Å². The summed E-state index contributed by atoms with van der Waals surface area (Å²) in [6, 6.07) is 16.0. The number of hydrogen-bond donors (Lipinski definition) is 2. The molecule has 2 aromatic rings. The topological polar surface area (TPSA) is 64.1 Å².